The largest absolute Gasteiger partial charge is 0.481 e. The summed E-state index contributed by atoms with van der Waals surface area (Å²) in [5, 5.41) is 12.3. The highest BCUT2D eigenvalue weighted by Crippen LogP contribution is 2.24. The molecule has 0 saturated heterocycles. The third-order valence-electron chi connectivity index (χ3n) is 3.32. The van der Waals surface area contributed by atoms with Gasteiger partial charge in [0.15, 0.2) is 0 Å². The fourth-order valence-electron chi connectivity index (χ4n) is 2.54. The fraction of sp³-hybridized carbons (Fsp3) is 0.917. The van der Waals surface area contributed by atoms with Crippen molar-refractivity contribution >= 4 is 16.0 Å². The van der Waals surface area contributed by atoms with Gasteiger partial charge in [0, 0.05) is 18.1 Å². The van der Waals surface area contributed by atoms with Gasteiger partial charge in [-0.05, 0) is 33.1 Å². The van der Waals surface area contributed by atoms with Crippen molar-refractivity contribution in [3.63, 3.8) is 0 Å². The standard InChI is InChI=1S/C12H24N2O4S/c1-12(2,14-19(3,17)18)8-13-10-6-4-5-9(7-10)11(15)16/h9-10,13-14H,4-8H2,1-3H3,(H,15,16). The van der Waals surface area contributed by atoms with Crippen LogP contribution in [-0.4, -0.2) is 43.9 Å². The molecule has 2 atom stereocenters. The van der Waals surface area contributed by atoms with Crippen LogP contribution >= 0.6 is 0 Å². The highest BCUT2D eigenvalue weighted by atomic mass is 32.2. The smallest absolute Gasteiger partial charge is 0.306 e. The summed E-state index contributed by atoms with van der Waals surface area (Å²) >= 11 is 0. The molecule has 0 aromatic carbocycles. The van der Waals surface area contributed by atoms with E-state index < -0.39 is 21.5 Å². The predicted molar refractivity (Wildman–Crippen MR) is 73.4 cm³/mol. The Hall–Kier alpha value is -0.660. The van der Waals surface area contributed by atoms with Gasteiger partial charge in [-0.25, -0.2) is 13.1 Å². The van der Waals surface area contributed by atoms with Gasteiger partial charge in [0.2, 0.25) is 10.0 Å². The maximum Gasteiger partial charge on any atom is 0.306 e. The molecule has 0 bridgehead atoms. The summed E-state index contributed by atoms with van der Waals surface area (Å²) in [5.74, 6) is -1.02. The first-order chi connectivity index (χ1) is 8.59. The monoisotopic (exact) mass is 292 g/mol. The van der Waals surface area contributed by atoms with E-state index in [-0.39, 0.29) is 12.0 Å². The molecule has 1 saturated carbocycles. The molecule has 0 aromatic rings. The van der Waals surface area contributed by atoms with Gasteiger partial charge in [-0.3, -0.25) is 4.79 Å². The van der Waals surface area contributed by atoms with Crippen molar-refractivity contribution in [3.05, 3.63) is 0 Å². The highest BCUT2D eigenvalue weighted by Gasteiger charge is 2.29. The van der Waals surface area contributed by atoms with E-state index in [1.165, 1.54) is 0 Å². The second-order valence-corrected chi connectivity index (χ2v) is 7.79. The Balaban J connectivity index is 2.45. The molecule has 19 heavy (non-hydrogen) atoms. The zero-order valence-electron chi connectivity index (χ0n) is 11.8. The lowest BCUT2D eigenvalue weighted by molar-refractivity contribution is -0.143. The van der Waals surface area contributed by atoms with Crippen LogP contribution < -0.4 is 10.0 Å². The van der Waals surface area contributed by atoms with E-state index in [1.54, 1.807) is 13.8 Å². The third-order valence-corrected chi connectivity index (χ3v) is 4.24. The predicted octanol–water partition coefficient (Wildman–Crippen LogP) is 0.547. The Kier molecular flexibility index (Phi) is 5.34. The van der Waals surface area contributed by atoms with Gasteiger partial charge in [-0.2, -0.15) is 0 Å². The Morgan fingerprint density at radius 2 is 2.00 bits per heavy atom. The number of hydrogen-bond donors (Lipinski definition) is 3. The van der Waals surface area contributed by atoms with Crippen molar-refractivity contribution in [2.45, 2.75) is 51.1 Å². The average molecular weight is 292 g/mol. The normalized spacial score (nSPS) is 25.2. The summed E-state index contributed by atoms with van der Waals surface area (Å²) in [7, 11) is -3.24. The first kappa shape index (κ1) is 16.4. The van der Waals surface area contributed by atoms with Crippen LogP contribution in [0.25, 0.3) is 0 Å². The molecule has 112 valence electrons. The van der Waals surface area contributed by atoms with Gasteiger partial charge in [-0.15, -0.1) is 0 Å². The maximum absolute atomic E-state index is 11.2. The number of sulfonamides is 1. The summed E-state index contributed by atoms with van der Waals surface area (Å²) in [6.45, 7) is 4.09. The first-order valence-corrected chi connectivity index (χ1v) is 8.43. The minimum Gasteiger partial charge on any atom is -0.481 e. The summed E-state index contributed by atoms with van der Waals surface area (Å²) in [6, 6.07) is 0.149. The van der Waals surface area contributed by atoms with Crippen LogP contribution in [0.1, 0.15) is 39.5 Å². The van der Waals surface area contributed by atoms with Crippen molar-refractivity contribution in [2.75, 3.05) is 12.8 Å². The lowest BCUT2D eigenvalue weighted by Gasteiger charge is -2.32. The minimum atomic E-state index is -3.24. The van der Waals surface area contributed by atoms with Gasteiger partial charge in [0.05, 0.1) is 12.2 Å². The molecule has 0 aliphatic heterocycles. The number of rotatable bonds is 6. The molecule has 0 spiro atoms. The zero-order chi connectivity index (χ0) is 14.7. The summed E-state index contributed by atoms with van der Waals surface area (Å²) in [6.07, 6.45) is 4.33. The molecular weight excluding hydrogens is 268 g/mol. The molecule has 0 radical (unpaired) electrons. The van der Waals surface area contributed by atoms with E-state index in [0.29, 0.717) is 13.0 Å². The van der Waals surface area contributed by atoms with E-state index in [2.05, 4.69) is 10.0 Å². The van der Waals surface area contributed by atoms with Gasteiger partial charge < -0.3 is 10.4 Å². The number of carboxylic acids is 1. The molecule has 0 heterocycles. The van der Waals surface area contributed by atoms with Gasteiger partial charge in [-0.1, -0.05) is 6.42 Å². The van der Waals surface area contributed by atoms with Gasteiger partial charge >= 0.3 is 5.97 Å². The van der Waals surface area contributed by atoms with Crippen LogP contribution in [0.15, 0.2) is 0 Å². The molecule has 1 fully saturated rings. The maximum atomic E-state index is 11.2. The Morgan fingerprint density at radius 1 is 1.37 bits per heavy atom. The summed E-state index contributed by atoms with van der Waals surface area (Å²) < 4.78 is 25.0. The average Bonchev–Trinajstić information content (AvgIpc) is 2.24. The fourth-order valence-corrected chi connectivity index (χ4v) is 3.61. The number of hydrogen-bond acceptors (Lipinski definition) is 4. The SMILES string of the molecule is CC(C)(CNC1CCCC(C(=O)O)C1)NS(C)(=O)=O. The number of aliphatic carboxylic acids is 1. The molecule has 3 N–H and O–H groups in total. The van der Waals surface area contributed by atoms with Crippen LogP contribution in [0.5, 0.6) is 0 Å². The van der Waals surface area contributed by atoms with E-state index >= 15 is 0 Å². The van der Waals surface area contributed by atoms with Crippen molar-refractivity contribution in [1.82, 2.24) is 10.0 Å². The molecule has 2 unspecified atom stereocenters. The quantitative estimate of drug-likeness (QED) is 0.664. The lowest BCUT2D eigenvalue weighted by Crippen LogP contribution is -2.52. The Labute approximate surface area is 115 Å². The van der Waals surface area contributed by atoms with Crippen LogP contribution in [0, 0.1) is 5.92 Å². The zero-order valence-corrected chi connectivity index (χ0v) is 12.6. The lowest BCUT2D eigenvalue weighted by atomic mass is 9.85. The van der Waals surface area contributed by atoms with Crippen LogP contribution in [0.3, 0.4) is 0 Å². The van der Waals surface area contributed by atoms with Crippen molar-refractivity contribution in [3.8, 4) is 0 Å². The molecular formula is C12H24N2O4S. The topological polar surface area (TPSA) is 95.5 Å². The number of carbonyl (C=O) groups is 1. The summed E-state index contributed by atoms with van der Waals surface area (Å²) in [4.78, 5) is 11.0. The van der Waals surface area contributed by atoms with Crippen LogP contribution in [0.4, 0.5) is 0 Å². The van der Waals surface area contributed by atoms with E-state index in [4.69, 9.17) is 5.11 Å². The molecule has 0 amide bonds. The van der Waals surface area contributed by atoms with Crippen molar-refractivity contribution in [1.29, 1.82) is 0 Å². The first-order valence-electron chi connectivity index (χ1n) is 6.54. The van der Waals surface area contributed by atoms with Crippen molar-refractivity contribution < 1.29 is 18.3 Å². The Morgan fingerprint density at radius 3 is 2.53 bits per heavy atom. The van der Waals surface area contributed by atoms with E-state index in [0.717, 1.165) is 25.5 Å². The molecule has 1 rings (SSSR count). The minimum absolute atomic E-state index is 0.149. The molecule has 1 aliphatic carbocycles. The van der Waals surface area contributed by atoms with E-state index in [1.807, 2.05) is 0 Å². The van der Waals surface area contributed by atoms with Crippen LogP contribution in [-0.2, 0) is 14.8 Å². The molecule has 6 nitrogen and oxygen atoms in total. The third kappa shape index (κ3) is 6.35. The van der Waals surface area contributed by atoms with Crippen molar-refractivity contribution in [2.24, 2.45) is 5.92 Å². The second-order valence-electron chi connectivity index (χ2n) is 6.04. The van der Waals surface area contributed by atoms with Gasteiger partial charge in [0.1, 0.15) is 0 Å². The second kappa shape index (κ2) is 6.19. The highest BCUT2D eigenvalue weighted by molar-refractivity contribution is 7.88. The number of carboxylic acid groups (broad SMARTS) is 1. The number of nitrogens with one attached hydrogen (secondary N) is 2. The summed E-state index contributed by atoms with van der Waals surface area (Å²) in [5.41, 5.74) is -0.580. The van der Waals surface area contributed by atoms with E-state index in [9.17, 15) is 13.2 Å². The van der Waals surface area contributed by atoms with Crippen LogP contribution in [0.2, 0.25) is 0 Å². The van der Waals surface area contributed by atoms with Gasteiger partial charge in [0.25, 0.3) is 0 Å². The molecule has 7 heteroatoms. The Bertz CT molecular complexity index is 419. The molecule has 0 aromatic heterocycles. The molecule has 1 aliphatic rings.